The molecule has 0 fully saturated rings. The van der Waals surface area contributed by atoms with Crippen molar-refractivity contribution in [3.05, 3.63) is 56.5 Å². The van der Waals surface area contributed by atoms with Crippen molar-refractivity contribution in [3.8, 4) is 0 Å². The van der Waals surface area contributed by atoms with Gasteiger partial charge in [0, 0.05) is 17.9 Å². The Balaban J connectivity index is 1.85. The van der Waals surface area contributed by atoms with E-state index in [-0.39, 0.29) is 24.4 Å². The highest BCUT2D eigenvalue weighted by atomic mass is 32.2. The molecule has 0 saturated carbocycles. The third kappa shape index (κ3) is 3.29. The van der Waals surface area contributed by atoms with E-state index in [9.17, 15) is 14.9 Å². The summed E-state index contributed by atoms with van der Waals surface area (Å²) >= 11 is 1.26. The summed E-state index contributed by atoms with van der Waals surface area (Å²) in [6, 6.07) is 6.30. The SMILES string of the molecule is O=c1[nH]c(SCc2cccc([N+](=O)[O-])c2)nc2c1cnn2CCO. The van der Waals surface area contributed by atoms with Crippen LogP contribution in [0.3, 0.4) is 0 Å². The number of non-ortho nitro benzene ring substituents is 1. The maximum Gasteiger partial charge on any atom is 0.269 e. The Bertz CT molecular complexity index is 952. The maximum absolute atomic E-state index is 12.1. The van der Waals surface area contributed by atoms with Crippen molar-refractivity contribution in [1.29, 1.82) is 0 Å². The normalized spacial score (nSPS) is 11.0. The number of H-pyrrole nitrogens is 1. The van der Waals surface area contributed by atoms with E-state index in [0.717, 1.165) is 5.56 Å². The molecule has 10 heteroatoms. The van der Waals surface area contributed by atoms with Gasteiger partial charge in [0.15, 0.2) is 10.8 Å². The number of thioether (sulfide) groups is 1. The van der Waals surface area contributed by atoms with Crippen molar-refractivity contribution >= 4 is 28.5 Å². The number of nitro benzene ring substituents is 1. The van der Waals surface area contributed by atoms with E-state index in [1.54, 1.807) is 12.1 Å². The van der Waals surface area contributed by atoms with Gasteiger partial charge < -0.3 is 10.1 Å². The monoisotopic (exact) mass is 347 g/mol. The molecule has 0 aliphatic carbocycles. The minimum Gasteiger partial charge on any atom is -0.394 e. The zero-order valence-corrected chi connectivity index (χ0v) is 13.2. The number of nitrogens with zero attached hydrogens (tertiary/aromatic N) is 4. The molecule has 0 amide bonds. The average Bonchev–Trinajstić information content (AvgIpc) is 2.97. The van der Waals surface area contributed by atoms with E-state index < -0.39 is 4.92 Å². The van der Waals surface area contributed by atoms with Crippen LogP contribution in [0, 0.1) is 10.1 Å². The van der Waals surface area contributed by atoms with Crippen molar-refractivity contribution in [2.24, 2.45) is 0 Å². The van der Waals surface area contributed by atoms with Crippen LogP contribution < -0.4 is 5.56 Å². The predicted molar refractivity (Wildman–Crippen MR) is 87.9 cm³/mol. The van der Waals surface area contributed by atoms with E-state index in [1.165, 1.54) is 34.8 Å². The zero-order valence-electron chi connectivity index (χ0n) is 12.4. The van der Waals surface area contributed by atoms with Crippen molar-refractivity contribution in [1.82, 2.24) is 19.7 Å². The number of nitro groups is 1. The number of rotatable bonds is 6. The Kier molecular flexibility index (Phi) is 4.58. The van der Waals surface area contributed by atoms with E-state index in [0.29, 0.717) is 21.9 Å². The molecule has 2 N–H and O–H groups in total. The first kappa shape index (κ1) is 16.1. The minimum atomic E-state index is -0.451. The first-order chi connectivity index (χ1) is 11.6. The highest BCUT2D eigenvalue weighted by molar-refractivity contribution is 7.98. The second-order valence-corrected chi connectivity index (χ2v) is 5.88. The number of aliphatic hydroxyl groups excluding tert-OH is 1. The molecule has 3 aromatic rings. The van der Waals surface area contributed by atoms with Crippen molar-refractivity contribution in [3.63, 3.8) is 0 Å². The zero-order chi connectivity index (χ0) is 17.1. The number of aliphatic hydroxyl groups is 1. The lowest BCUT2D eigenvalue weighted by atomic mass is 10.2. The topological polar surface area (TPSA) is 127 Å². The Hall–Kier alpha value is -2.72. The van der Waals surface area contributed by atoms with Crippen LogP contribution in [-0.4, -0.2) is 36.4 Å². The molecule has 9 nitrogen and oxygen atoms in total. The van der Waals surface area contributed by atoms with Crippen LogP contribution in [0.25, 0.3) is 11.0 Å². The maximum atomic E-state index is 12.1. The molecule has 3 rings (SSSR count). The molecule has 24 heavy (non-hydrogen) atoms. The number of aromatic nitrogens is 4. The molecule has 0 bridgehead atoms. The van der Waals surface area contributed by atoms with Crippen molar-refractivity contribution in [2.45, 2.75) is 17.5 Å². The number of aromatic amines is 1. The Morgan fingerprint density at radius 1 is 1.42 bits per heavy atom. The fourth-order valence-corrected chi connectivity index (χ4v) is 2.98. The third-order valence-electron chi connectivity index (χ3n) is 3.29. The Morgan fingerprint density at radius 3 is 3.00 bits per heavy atom. The summed E-state index contributed by atoms with van der Waals surface area (Å²) in [7, 11) is 0. The van der Waals surface area contributed by atoms with Crippen LogP contribution in [0.4, 0.5) is 5.69 Å². The van der Waals surface area contributed by atoms with Gasteiger partial charge in [-0.15, -0.1) is 0 Å². The molecule has 2 aromatic heterocycles. The number of fused-ring (bicyclic) bond motifs is 1. The first-order valence-electron chi connectivity index (χ1n) is 7.01. The lowest BCUT2D eigenvalue weighted by Gasteiger charge is -2.03. The highest BCUT2D eigenvalue weighted by Gasteiger charge is 2.11. The largest absolute Gasteiger partial charge is 0.394 e. The standard InChI is InChI=1S/C14H13N5O4S/c20-5-4-18-12-11(7-15-18)13(21)17-14(16-12)24-8-9-2-1-3-10(6-9)19(22)23/h1-3,6-7,20H,4-5,8H2,(H,16,17,21). The molecule has 124 valence electrons. The van der Waals surface area contributed by atoms with Gasteiger partial charge in [-0.05, 0) is 5.56 Å². The second kappa shape index (κ2) is 6.81. The molecule has 1 aromatic carbocycles. The van der Waals surface area contributed by atoms with E-state index >= 15 is 0 Å². The van der Waals surface area contributed by atoms with E-state index in [1.807, 2.05) is 0 Å². The van der Waals surface area contributed by atoms with Crippen LogP contribution in [0.1, 0.15) is 5.56 Å². The molecule has 0 unspecified atom stereocenters. The van der Waals surface area contributed by atoms with Gasteiger partial charge in [-0.2, -0.15) is 5.10 Å². The summed E-state index contributed by atoms with van der Waals surface area (Å²) in [5.41, 5.74) is 0.854. The van der Waals surface area contributed by atoms with Gasteiger partial charge >= 0.3 is 0 Å². The Labute approximate surface area is 139 Å². The van der Waals surface area contributed by atoms with Gasteiger partial charge in [0.1, 0.15) is 5.39 Å². The lowest BCUT2D eigenvalue weighted by molar-refractivity contribution is -0.384. The smallest absolute Gasteiger partial charge is 0.269 e. The third-order valence-corrected chi connectivity index (χ3v) is 4.24. The summed E-state index contributed by atoms with van der Waals surface area (Å²) in [5, 5.41) is 24.6. The highest BCUT2D eigenvalue weighted by Crippen LogP contribution is 2.22. The molecular weight excluding hydrogens is 334 g/mol. The number of benzene rings is 1. The number of hydrogen-bond donors (Lipinski definition) is 2. The first-order valence-corrected chi connectivity index (χ1v) is 8.00. The van der Waals surface area contributed by atoms with Gasteiger partial charge in [0.05, 0.1) is 24.3 Å². The van der Waals surface area contributed by atoms with Crippen LogP contribution in [0.2, 0.25) is 0 Å². The summed E-state index contributed by atoms with van der Waals surface area (Å²) < 4.78 is 1.46. The Morgan fingerprint density at radius 2 is 2.25 bits per heavy atom. The molecule has 0 aliphatic rings. The molecule has 2 heterocycles. The fourth-order valence-electron chi connectivity index (χ4n) is 2.18. The molecular formula is C14H13N5O4S. The number of hydrogen-bond acceptors (Lipinski definition) is 7. The van der Waals surface area contributed by atoms with Gasteiger partial charge in [-0.1, -0.05) is 23.9 Å². The molecule has 0 spiro atoms. The predicted octanol–water partition coefficient (Wildman–Crippen LogP) is 1.31. The van der Waals surface area contributed by atoms with Gasteiger partial charge in [-0.25, -0.2) is 9.67 Å². The fraction of sp³-hybridized carbons (Fsp3) is 0.214. The van der Waals surface area contributed by atoms with Crippen LogP contribution in [0.15, 0.2) is 40.4 Å². The minimum absolute atomic E-state index is 0.0195. The van der Waals surface area contributed by atoms with Gasteiger partial charge in [0.25, 0.3) is 11.2 Å². The van der Waals surface area contributed by atoms with E-state index in [4.69, 9.17) is 5.11 Å². The summed E-state index contributed by atoms with van der Waals surface area (Å²) in [6.07, 6.45) is 1.41. The van der Waals surface area contributed by atoms with Crippen molar-refractivity contribution in [2.75, 3.05) is 6.61 Å². The second-order valence-electron chi connectivity index (χ2n) is 4.92. The molecule has 0 radical (unpaired) electrons. The molecule has 0 aliphatic heterocycles. The van der Waals surface area contributed by atoms with Gasteiger partial charge in [-0.3, -0.25) is 14.9 Å². The molecule has 0 atom stereocenters. The van der Waals surface area contributed by atoms with Gasteiger partial charge in [0.2, 0.25) is 0 Å². The quantitative estimate of drug-likeness (QED) is 0.298. The summed E-state index contributed by atoms with van der Waals surface area (Å²) in [5.74, 6) is 0.421. The summed E-state index contributed by atoms with van der Waals surface area (Å²) in [4.78, 5) is 29.4. The summed E-state index contributed by atoms with van der Waals surface area (Å²) in [6.45, 7) is 0.135. The average molecular weight is 347 g/mol. The van der Waals surface area contributed by atoms with Crippen LogP contribution in [-0.2, 0) is 12.3 Å². The lowest BCUT2D eigenvalue weighted by Crippen LogP contribution is -2.11. The van der Waals surface area contributed by atoms with Crippen LogP contribution in [0.5, 0.6) is 0 Å². The molecule has 0 saturated heterocycles. The van der Waals surface area contributed by atoms with Crippen LogP contribution >= 0.6 is 11.8 Å². The van der Waals surface area contributed by atoms with E-state index in [2.05, 4.69) is 15.1 Å². The number of nitrogens with one attached hydrogen (secondary N) is 1. The van der Waals surface area contributed by atoms with Crippen molar-refractivity contribution < 1.29 is 10.0 Å².